The van der Waals surface area contributed by atoms with E-state index in [-0.39, 0.29) is 5.41 Å². The Morgan fingerprint density at radius 2 is 2.14 bits per heavy atom. The molecule has 14 heavy (non-hydrogen) atoms. The van der Waals surface area contributed by atoms with E-state index in [1.165, 1.54) is 0 Å². The van der Waals surface area contributed by atoms with Gasteiger partial charge in [-0.1, -0.05) is 17.7 Å². The zero-order chi connectivity index (χ0) is 10.2. The Balaban J connectivity index is 2.46. The van der Waals surface area contributed by atoms with Gasteiger partial charge in [0.1, 0.15) is 0 Å². The summed E-state index contributed by atoms with van der Waals surface area (Å²) in [6.07, 6.45) is 3.15. The zero-order valence-electron chi connectivity index (χ0n) is 8.18. The van der Waals surface area contributed by atoms with Crippen molar-refractivity contribution in [1.29, 1.82) is 5.26 Å². The topological polar surface area (TPSA) is 23.8 Å². The van der Waals surface area contributed by atoms with Gasteiger partial charge in [0.25, 0.3) is 0 Å². The van der Waals surface area contributed by atoms with Crippen LogP contribution < -0.4 is 0 Å². The fraction of sp³-hybridized carbons (Fsp3) is 0.417. The lowest BCUT2D eigenvalue weighted by Gasteiger charge is -2.36. The van der Waals surface area contributed by atoms with Gasteiger partial charge >= 0.3 is 0 Å². The molecule has 1 aliphatic carbocycles. The molecule has 0 bridgehead atoms. The molecule has 0 amide bonds. The van der Waals surface area contributed by atoms with E-state index in [0.29, 0.717) is 0 Å². The van der Waals surface area contributed by atoms with Crippen LogP contribution in [0.1, 0.15) is 30.4 Å². The van der Waals surface area contributed by atoms with Gasteiger partial charge in [0.15, 0.2) is 0 Å². The van der Waals surface area contributed by atoms with Gasteiger partial charge in [-0.25, -0.2) is 0 Å². The summed E-state index contributed by atoms with van der Waals surface area (Å²) in [6.45, 7) is 2.03. The van der Waals surface area contributed by atoms with E-state index in [0.717, 1.165) is 35.4 Å². The highest BCUT2D eigenvalue weighted by Gasteiger charge is 2.39. The molecule has 0 saturated heterocycles. The number of rotatable bonds is 1. The van der Waals surface area contributed by atoms with E-state index in [2.05, 4.69) is 6.07 Å². The van der Waals surface area contributed by atoms with E-state index >= 15 is 0 Å². The normalized spacial score (nSPS) is 18.4. The zero-order valence-corrected chi connectivity index (χ0v) is 8.93. The number of nitriles is 1. The average molecular weight is 206 g/mol. The molecule has 0 atom stereocenters. The van der Waals surface area contributed by atoms with E-state index in [1.54, 1.807) is 0 Å². The first kappa shape index (κ1) is 9.55. The van der Waals surface area contributed by atoms with Gasteiger partial charge in [-0.05, 0) is 49.4 Å². The Bertz CT molecular complexity index is 399. The van der Waals surface area contributed by atoms with Gasteiger partial charge in [-0.3, -0.25) is 0 Å². The maximum absolute atomic E-state index is 9.20. The molecule has 72 valence electrons. The third-order valence-corrected chi connectivity index (χ3v) is 3.36. The molecule has 1 aromatic carbocycles. The predicted molar refractivity (Wildman–Crippen MR) is 57.3 cm³/mol. The SMILES string of the molecule is Cc1cc(Cl)ccc1C1(C#N)CCC1. The molecule has 0 aromatic heterocycles. The Hall–Kier alpha value is -1.00. The van der Waals surface area contributed by atoms with Gasteiger partial charge in [0, 0.05) is 5.02 Å². The third-order valence-electron chi connectivity index (χ3n) is 3.13. The molecule has 0 aliphatic heterocycles. The first-order valence-corrected chi connectivity index (χ1v) is 5.24. The number of halogens is 1. The highest BCUT2D eigenvalue weighted by Crippen LogP contribution is 2.44. The van der Waals surface area contributed by atoms with Gasteiger partial charge in [0.2, 0.25) is 0 Å². The van der Waals surface area contributed by atoms with E-state index in [1.807, 2.05) is 25.1 Å². The minimum Gasteiger partial charge on any atom is -0.197 e. The second kappa shape index (κ2) is 3.29. The number of hydrogen-bond donors (Lipinski definition) is 0. The molecule has 0 N–H and O–H groups in total. The molecule has 1 saturated carbocycles. The van der Waals surface area contributed by atoms with Crippen LogP contribution in [0.4, 0.5) is 0 Å². The average Bonchev–Trinajstić information content (AvgIpc) is 2.07. The first-order valence-electron chi connectivity index (χ1n) is 4.86. The summed E-state index contributed by atoms with van der Waals surface area (Å²) in [7, 11) is 0. The molecule has 0 spiro atoms. The molecular weight excluding hydrogens is 194 g/mol. The van der Waals surface area contributed by atoms with Crippen LogP contribution >= 0.6 is 11.6 Å². The molecule has 1 nitrogen and oxygen atoms in total. The van der Waals surface area contributed by atoms with Crippen molar-refractivity contribution in [3.05, 3.63) is 34.3 Å². The van der Waals surface area contributed by atoms with Gasteiger partial charge < -0.3 is 0 Å². The number of aryl methyl sites for hydroxylation is 1. The standard InChI is InChI=1S/C12H12ClN/c1-9-7-10(13)3-4-11(9)12(8-14)5-2-6-12/h3-4,7H,2,5-6H2,1H3. The first-order chi connectivity index (χ1) is 6.68. The number of nitrogens with zero attached hydrogens (tertiary/aromatic N) is 1. The molecular formula is C12H12ClN. The van der Waals surface area contributed by atoms with Crippen molar-refractivity contribution >= 4 is 11.6 Å². The summed E-state index contributed by atoms with van der Waals surface area (Å²) in [5.41, 5.74) is 2.09. The summed E-state index contributed by atoms with van der Waals surface area (Å²) in [5, 5.41) is 9.95. The Morgan fingerprint density at radius 3 is 2.57 bits per heavy atom. The second-order valence-electron chi connectivity index (χ2n) is 4.01. The van der Waals surface area contributed by atoms with Crippen molar-refractivity contribution < 1.29 is 0 Å². The van der Waals surface area contributed by atoms with Gasteiger partial charge in [0.05, 0.1) is 11.5 Å². The lowest BCUT2D eigenvalue weighted by molar-refractivity contribution is 0.323. The molecule has 2 rings (SSSR count). The number of hydrogen-bond acceptors (Lipinski definition) is 1. The Kier molecular flexibility index (Phi) is 2.25. The lowest BCUT2D eigenvalue weighted by atomic mass is 9.64. The molecule has 1 aliphatic rings. The fourth-order valence-corrected chi connectivity index (χ4v) is 2.36. The maximum Gasteiger partial charge on any atom is 0.0825 e. The van der Waals surface area contributed by atoms with Gasteiger partial charge in [-0.15, -0.1) is 0 Å². The van der Waals surface area contributed by atoms with Crippen LogP contribution in [0.25, 0.3) is 0 Å². The monoisotopic (exact) mass is 205 g/mol. The second-order valence-corrected chi connectivity index (χ2v) is 4.44. The molecule has 0 radical (unpaired) electrons. The van der Waals surface area contributed by atoms with Crippen LogP contribution in [0.5, 0.6) is 0 Å². The summed E-state index contributed by atoms with van der Waals surface area (Å²) in [4.78, 5) is 0. The minimum absolute atomic E-state index is 0.214. The van der Waals surface area contributed by atoms with Crippen LogP contribution in [0.3, 0.4) is 0 Å². The minimum atomic E-state index is -0.214. The molecule has 1 fully saturated rings. The van der Waals surface area contributed by atoms with Crippen molar-refractivity contribution in [1.82, 2.24) is 0 Å². The van der Waals surface area contributed by atoms with Crippen molar-refractivity contribution in [3.8, 4) is 6.07 Å². The molecule has 1 aromatic rings. The summed E-state index contributed by atoms with van der Waals surface area (Å²) < 4.78 is 0. The maximum atomic E-state index is 9.20. The van der Waals surface area contributed by atoms with E-state index in [4.69, 9.17) is 11.6 Å². The smallest absolute Gasteiger partial charge is 0.0825 e. The molecule has 2 heteroatoms. The van der Waals surface area contributed by atoms with Crippen molar-refractivity contribution in [3.63, 3.8) is 0 Å². The fourth-order valence-electron chi connectivity index (χ4n) is 2.14. The summed E-state index contributed by atoms with van der Waals surface area (Å²) >= 11 is 5.89. The third kappa shape index (κ3) is 1.31. The van der Waals surface area contributed by atoms with Gasteiger partial charge in [-0.2, -0.15) is 5.26 Å². The van der Waals surface area contributed by atoms with Crippen molar-refractivity contribution in [2.75, 3.05) is 0 Å². The highest BCUT2D eigenvalue weighted by atomic mass is 35.5. The van der Waals surface area contributed by atoms with Crippen LogP contribution in [-0.4, -0.2) is 0 Å². The van der Waals surface area contributed by atoms with Crippen LogP contribution in [-0.2, 0) is 5.41 Å². The largest absolute Gasteiger partial charge is 0.197 e. The lowest BCUT2D eigenvalue weighted by Crippen LogP contribution is -2.33. The highest BCUT2D eigenvalue weighted by molar-refractivity contribution is 6.30. The quantitative estimate of drug-likeness (QED) is 0.688. The number of benzene rings is 1. The Labute approximate surface area is 89.3 Å². The van der Waals surface area contributed by atoms with E-state index < -0.39 is 0 Å². The molecule has 0 unspecified atom stereocenters. The van der Waals surface area contributed by atoms with Crippen molar-refractivity contribution in [2.45, 2.75) is 31.6 Å². The van der Waals surface area contributed by atoms with Crippen LogP contribution in [0.2, 0.25) is 5.02 Å². The predicted octanol–water partition coefficient (Wildman–Crippen LogP) is 3.59. The van der Waals surface area contributed by atoms with Crippen LogP contribution in [0, 0.1) is 18.3 Å². The molecule has 0 heterocycles. The Morgan fingerprint density at radius 1 is 1.43 bits per heavy atom. The summed E-state index contributed by atoms with van der Waals surface area (Å²) in [6, 6.07) is 8.26. The van der Waals surface area contributed by atoms with Crippen LogP contribution in [0.15, 0.2) is 18.2 Å². The summed E-state index contributed by atoms with van der Waals surface area (Å²) in [5.74, 6) is 0. The van der Waals surface area contributed by atoms with Crippen molar-refractivity contribution in [2.24, 2.45) is 0 Å². The van der Waals surface area contributed by atoms with E-state index in [9.17, 15) is 5.26 Å².